The molecule has 4 atom stereocenters. The van der Waals surface area contributed by atoms with Gasteiger partial charge in [0.2, 0.25) is 0 Å². The van der Waals surface area contributed by atoms with Crippen molar-refractivity contribution >= 4 is 56.7 Å². The van der Waals surface area contributed by atoms with Gasteiger partial charge in [-0.2, -0.15) is 11.8 Å². The van der Waals surface area contributed by atoms with Crippen molar-refractivity contribution in [2.24, 2.45) is 5.92 Å². The van der Waals surface area contributed by atoms with E-state index < -0.39 is 12.2 Å². The summed E-state index contributed by atoms with van der Waals surface area (Å²) < 4.78 is 6.37. The molecule has 3 rings (SSSR count). The number of aliphatic hydroxyl groups is 2. The van der Waals surface area contributed by atoms with Crippen LogP contribution in [0.5, 0.6) is 0 Å². The Hall–Kier alpha value is -1.32. The van der Waals surface area contributed by atoms with Crippen molar-refractivity contribution in [3.8, 4) is 0 Å². The molecule has 1 aliphatic rings. The van der Waals surface area contributed by atoms with E-state index >= 15 is 0 Å². The first-order valence-electron chi connectivity index (χ1n) is 11.8. The number of fused-ring (bicyclic) bond motifs is 1. The fourth-order valence-electron chi connectivity index (χ4n) is 3.93. The summed E-state index contributed by atoms with van der Waals surface area (Å²) in [4.78, 5) is 25.2. The SMILES string of the molecule is CC(C)OC(=O)CSCCCS[C@H]1C(=O)C[C@@H](O)[C@@H]1/C=C/[C@@H](O)CCc1cc2ccccc2s1. The normalized spacial score (nSPS) is 21.7. The molecule has 1 aromatic heterocycles. The molecule has 186 valence electrons. The van der Waals surface area contributed by atoms with Gasteiger partial charge in [0.25, 0.3) is 0 Å². The molecule has 0 bridgehead atoms. The van der Waals surface area contributed by atoms with Gasteiger partial charge < -0.3 is 14.9 Å². The van der Waals surface area contributed by atoms with E-state index in [9.17, 15) is 19.8 Å². The summed E-state index contributed by atoms with van der Waals surface area (Å²) in [6.07, 6.45) is 4.60. The summed E-state index contributed by atoms with van der Waals surface area (Å²) in [7, 11) is 0. The molecule has 0 aliphatic heterocycles. The van der Waals surface area contributed by atoms with Crippen LogP contribution in [0.4, 0.5) is 0 Å². The van der Waals surface area contributed by atoms with Crippen LogP contribution >= 0.6 is 34.9 Å². The molecule has 5 nitrogen and oxygen atoms in total. The van der Waals surface area contributed by atoms with E-state index in [1.807, 2.05) is 32.1 Å². The highest BCUT2D eigenvalue weighted by atomic mass is 32.2. The highest BCUT2D eigenvalue weighted by Gasteiger charge is 2.40. The smallest absolute Gasteiger partial charge is 0.316 e. The monoisotopic (exact) mass is 522 g/mol. The number of aryl methyl sites for hydroxylation is 1. The zero-order chi connectivity index (χ0) is 24.5. The van der Waals surface area contributed by atoms with E-state index in [1.165, 1.54) is 26.7 Å². The lowest BCUT2D eigenvalue weighted by Crippen LogP contribution is -2.22. The summed E-state index contributed by atoms with van der Waals surface area (Å²) in [5.41, 5.74) is 0. The number of hydrogen-bond donors (Lipinski definition) is 2. The molecule has 1 heterocycles. The molecule has 2 N–H and O–H groups in total. The predicted octanol–water partition coefficient (Wildman–Crippen LogP) is 4.88. The number of aliphatic hydroxyl groups excluding tert-OH is 2. The number of esters is 1. The Morgan fingerprint density at radius 2 is 2.09 bits per heavy atom. The van der Waals surface area contributed by atoms with Crippen molar-refractivity contribution in [2.75, 3.05) is 17.3 Å². The van der Waals surface area contributed by atoms with E-state index in [0.717, 1.165) is 24.3 Å². The number of ketones is 1. The van der Waals surface area contributed by atoms with Crippen LogP contribution < -0.4 is 0 Å². The largest absolute Gasteiger partial charge is 0.462 e. The highest BCUT2D eigenvalue weighted by molar-refractivity contribution is 8.01. The molecule has 2 aromatic rings. The Balaban J connectivity index is 1.40. The first-order chi connectivity index (χ1) is 16.3. The summed E-state index contributed by atoms with van der Waals surface area (Å²) in [5, 5.41) is 21.8. The van der Waals surface area contributed by atoms with Gasteiger partial charge in [0, 0.05) is 21.9 Å². The van der Waals surface area contributed by atoms with Crippen LogP contribution in [0.3, 0.4) is 0 Å². The average Bonchev–Trinajstić information content (AvgIpc) is 3.32. The van der Waals surface area contributed by atoms with E-state index in [0.29, 0.717) is 12.2 Å². The number of Topliss-reactive ketones (excluding diaryl/α,β-unsaturated/α-hetero) is 1. The number of thioether (sulfide) groups is 2. The van der Waals surface area contributed by atoms with Gasteiger partial charge in [-0.05, 0) is 62.1 Å². The second-order valence-corrected chi connectivity index (χ2v) is 12.3. The van der Waals surface area contributed by atoms with E-state index in [4.69, 9.17) is 4.74 Å². The second kappa shape index (κ2) is 13.7. The highest BCUT2D eigenvalue weighted by Crippen LogP contribution is 2.34. The zero-order valence-electron chi connectivity index (χ0n) is 19.7. The van der Waals surface area contributed by atoms with Gasteiger partial charge in [0.05, 0.1) is 29.3 Å². The third-order valence-corrected chi connectivity index (χ3v) is 9.21. The third kappa shape index (κ3) is 8.41. The van der Waals surface area contributed by atoms with Crippen molar-refractivity contribution < 1.29 is 24.5 Å². The van der Waals surface area contributed by atoms with Crippen molar-refractivity contribution in [3.05, 3.63) is 47.4 Å². The summed E-state index contributed by atoms with van der Waals surface area (Å²) in [5.74, 6) is 1.55. The number of rotatable bonds is 13. The molecular formula is C26H34O5S3. The maximum Gasteiger partial charge on any atom is 0.316 e. The molecule has 0 radical (unpaired) electrons. The minimum atomic E-state index is -0.698. The van der Waals surface area contributed by atoms with E-state index in [2.05, 4.69) is 18.2 Å². The van der Waals surface area contributed by atoms with Crippen LogP contribution in [-0.2, 0) is 20.7 Å². The maximum atomic E-state index is 12.4. The van der Waals surface area contributed by atoms with Gasteiger partial charge >= 0.3 is 5.97 Å². The number of carbonyl (C=O) groups is 2. The third-order valence-electron chi connectivity index (χ3n) is 5.56. The first-order valence-corrected chi connectivity index (χ1v) is 14.8. The van der Waals surface area contributed by atoms with E-state index in [1.54, 1.807) is 29.2 Å². The number of ether oxygens (including phenoxy) is 1. The standard InChI is InChI=1S/C26H34O5S3/c1-17(2)31-25(30)16-32-12-5-13-33-26-21(22(28)15-23(26)29)11-9-19(27)8-10-20-14-18-6-3-4-7-24(18)34-20/h3-4,6-7,9,11,14,17,19,21-22,26-28H,5,8,10,12-13,15-16H2,1-2H3/b11-9+/t19-,21-,22+,26+/m0/s1. The van der Waals surface area contributed by atoms with Gasteiger partial charge in [0.1, 0.15) is 5.78 Å². The summed E-state index contributed by atoms with van der Waals surface area (Å²) >= 11 is 4.86. The Kier molecular flexibility index (Phi) is 11.0. The average molecular weight is 523 g/mol. The number of thiophene rings is 1. The molecule has 1 fully saturated rings. The van der Waals surface area contributed by atoms with Gasteiger partial charge in [-0.1, -0.05) is 30.4 Å². The second-order valence-electron chi connectivity index (χ2n) is 8.79. The topological polar surface area (TPSA) is 83.8 Å². The van der Waals surface area contributed by atoms with Gasteiger partial charge in [-0.15, -0.1) is 23.1 Å². The van der Waals surface area contributed by atoms with Gasteiger partial charge in [-0.25, -0.2) is 0 Å². The molecule has 0 amide bonds. The first kappa shape index (κ1) is 27.3. The van der Waals surface area contributed by atoms with Crippen LogP contribution in [0.2, 0.25) is 0 Å². The minimum absolute atomic E-state index is 0.0695. The molecule has 1 saturated carbocycles. The lowest BCUT2D eigenvalue weighted by Gasteiger charge is -2.17. The van der Waals surface area contributed by atoms with Crippen LogP contribution in [-0.4, -0.2) is 62.8 Å². The zero-order valence-corrected chi connectivity index (χ0v) is 22.2. The molecule has 8 heteroatoms. The summed E-state index contributed by atoms with van der Waals surface area (Å²) in [6.45, 7) is 3.67. The fraction of sp³-hybridized carbons (Fsp3) is 0.538. The van der Waals surface area contributed by atoms with Crippen molar-refractivity contribution in [1.82, 2.24) is 0 Å². The molecule has 34 heavy (non-hydrogen) atoms. The Labute approximate surface area is 214 Å². The van der Waals surface area contributed by atoms with Gasteiger partial charge in [0.15, 0.2) is 0 Å². The van der Waals surface area contributed by atoms with Crippen molar-refractivity contribution in [3.63, 3.8) is 0 Å². The Morgan fingerprint density at radius 1 is 1.29 bits per heavy atom. The number of hydrogen-bond acceptors (Lipinski definition) is 8. The quantitative estimate of drug-likeness (QED) is 0.220. The maximum absolute atomic E-state index is 12.4. The van der Waals surface area contributed by atoms with Crippen LogP contribution in [0.25, 0.3) is 10.1 Å². The molecule has 0 unspecified atom stereocenters. The summed E-state index contributed by atoms with van der Waals surface area (Å²) in [6, 6.07) is 10.4. The molecular weight excluding hydrogens is 488 g/mol. The molecule has 1 aromatic carbocycles. The lowest BCUT2D eigenvalue weighted by atomic mass is 10.0. The number of carbonyl (C=O) groups excluding carboxylic acids is 2. The van der Waals surface area contributed by atoms with Crippen molar-refractivity contribution in [2.45, 2.75) is 63.1 Å². The fourth-order valence-corrected chi connectivity index (χ4v) is 7.27. The number of benzene rings is 1. The Morgan fingerprint density at radius 3 is 2.85 bits per heavy atom. The molecule has 0 spiro atoms. The molecule has 1 aliphatic carbocycles. The van der Waals surface area contributed by atoms with Crippen molar-refractivity contribution in [1.29, 1.82) is 0 Å². The van der Waals surface area contributed by atoms with Gasteiger partial charge in [-0.3, -0.25) is 9.59 Å². The van der Waals surface area contributed by atoms with Crippen LogP contribution in [0, 0.1) is 5.92 Å². The van der Waals surface area contributed by atoms with Crippen LogP contribution in [0.1, 0.15) is 38.0 Å². The minimum Gasteiger partial charge on any atom is -0.462 e. The molecule has 0 saturated heterocycles. The predicted molar refractivity (Wildman–Crippen MR) is 144 cm³/mol. The van der Waals surface area contributed by atoms with Crippen LogP contribution in [0.15, 0.2) is 42.5 Å². The lowest BCUT2D eigenvalue weighted by molar-refractivity contribution is -0.144. The Bertz CT molecular complexity index is 937. The van der Waals surface area contributed by atoms with E-state index in [-0.39, 0.29) is 35.4 Å².